The van der Waals surface area contributed by atoms with Crippen LogP contribution >= 0.6 is 35.3 Å². The number of nitrogens with zero attached hydrogens (tertiary/aromatic N) is 2. The summed E-state index contributed by atoms with van der Waals surface area (Å²) < 4.78 is 5.89. The largest absolute Gasteiger partial charge is 0.491 e. The fraction of sp³-hybridized carbons (Fsp3) is 0.444. The number of hydrogen-bond donors (Lipinski definition) is 2. The van der Waals surface area contributed by atoms with Gasteiger partial charge in [0.15, 0.2) is 5.96 Å². The van der Waals surface area contributed by atoms with Crippen LogP contribution in [0.2, 0.25) is 0 Å². The number of halogens is 1. The molecule has 0 aliphatic heterocycles. The third-order valence-corrected chi connectivity index (χ3v) is 4.44. The van der Waals surface area contributed by atoms with E-state index in [1.807, 2.05) is 13.0 Å². The predicted molar refractivity (Wildman–Crippen MR) is 117 cm³/mol. The first-order valence-corrected chi connectivity index (χ1v) is 9.02. The van der Waals surface area contributed by atoms with E-state index in [9.17, 15) is 0 Å². The maximum atomic E-state index is 5.89. The van der Waals surface area contributed by atoms with E-state index in [1.165, 1.54) is 0 Å². The van der Waals surface area contributed by atoms with Crippen LogP contribution in [0.15, 0.2) is 28.6 Å². The average molecular weight is 474 g/mol. The fourth-order valence-electron chi connectivity index (χ4n) is 2.40. The molecule has 1 heterocycles. The van der Waals surface area contributed by atoms with Crippen molar-refractivity contribution in [3.63, 3.8) is 0 Å². The Morgan fingerprint density at radius 1 is 1.16 bits per heavy atom. The number of benzene rings is 1. The number of hydrogen-bond acceptors (Lipinski definition) is 4. The first kappa shape index (κ1) is 21.7. The Morgan fingerprint density at radius 3 is 2.44 bits per heavy atom. The van der Waals surface area contributed by atoms with Gasteiger partial charge in [-0.2, -0.15) is 0 Å². The molecule has 0 atom stereocenters. The minimum absolute atomic E-state index is 0. The van der Waals surface area contributed by atoms with Crippen LogP contribution in [-0.4, -0.2) is 37.7 Å². The SMILES string of the molecule is CN=C(NCCOc1c(C)cccc1C)NCCc1csc(C)n1.I. The van der Waals surface area contributed by atoms with E-state index in [2.05, 4.69) is 52.0 Å². The van der Waals surface area contributed by atoms with Crippen LogP contribution in [0, 0.1) is 20.8 Å². The summed E-state index contributed by atoms with van der Waals surface area (Å²) in [7, 11) is 1.77. The van der Waals surface area contributed by atoms with Crippen molar-refractivity contribution in [1.82, 2.24) is 15.6 Å². The van der Waals surface area contributed by atoms with Crippen molar-refractivity contribution in [3.8, 4) is 5.75 Å². The van der Waals surface area contributed by atoms with Crippen LogP contribution in [0.25, 0.3) is 0 Å². The molecule has 0 radical (unpaired) electrons. The van der Waals surface area contributed by atoms with Crippen LogP contribution in [0.4, 0.5) is 0 Å². The molecule has 0 saturated carbocycles. The maximum Gasteiger partial charge on any atom is 0.191 e. The molecule has 0 saturated heterocycles. The molecular weight excluding hydrogens is 447 g/mol. The summed E-state index contributed by atoms with van der Waals surface area (Å²) in [5.41, 5.74) is 3.45. The van der Waals surface area contributed by atoms with Crippen molar-refractivity contribution in [3.05, 3.63) is 45.4 Å². The van der Waals surface area contributed by atoms with Crippen molar-refractivity contribution >= 4 is 41.3 Å². The lowest BCUT2D eigenvalue weighted by atomic mass is 10.1. The smallest absolute Gasteiger partial charge is 0.191 e. The Kier molecular flexibility index (Phi) is 9.81. The topological polar surface area (TPSA) is 58.5 Å². The summed E-state index contributed by atoms with van der Waals surface area (Å²) in [6.07, 6.45) is 0.893. The van der Waals surface area contributed by atoms with Gasteiger partial charge in [0.1, 0.15) is 12.4 Å². The predicted octanol–water partition coefficient (Wildman–Crippen LogP) is 3.47. The van der Waals surface area contributed by atoms with Crippen molar-refractivity contribution < 1.29 is 4.74 Å². The molecule has 0 fully saturated rings. The number of nitrogens with one attached hydrogen (secondary N) is 2. The van der Waals surface area contributed by atoms with Gasteiger partial charge in [-0.25, -0.2) is 4.98 Å². The van der Waals surface area contributed by atoms with Gasteiger partial charge in [0.05, 0.1) is 17.2 Å². The summed E-state index contributed by atoms with van der Waals surface area (Å²) in [6, 6.07) is 6.18. The third-order valence-electron chi connectivity index (χ3n) is 3.61. The lowest BCUT2D eigenvalue weighted by Crippen LogP contribution is -2.40. The van der Waals surface area contributed by atoms with E-state index < -0.39 is 0 Å². The number of aryl methyl sites for hydroxylation is 3. The van der Waals surface area contributed by atoms with E-state index in [1.54, 1.807) is 18.4 Å². The van der Waals surface area contributed by atoms with Gasteiger partial charge in [-0.05, 0) is 31.9 Å². The lowest BCUT2D eigenvalue weighted by molar-refractivity contribution is 0.317. The summed E-state index contributed by atoms with van der Waals surface area (Å²) in [5, 5.41) is 9.77. The van der Waals surface area contributed by atoms with Crippen molar-refractivity contribution in [2.24, 2.45) is 4.99 Å². The maximum absolute atomic E-state index is 5.89. The molecule has 0 aliphatic rings. The van der Waals surface area contributed by atoms with E-state index in [4.69, 9.17) is 4.74 Å². The van der Waals surface area contributed by atoms with Gasteiger partial charge in [0.25, 0.3) is 0 Å². The average Bonchev–Trinajstić information content (AvgIpc) is 2.97. The third kappa shape index (κ3) is 7.19. The summed E-state index contributed by atoms with van der Waals surface area (Å²) >= 11 is 1.68. The molecule has 138 valence electrons. The number of aliphatic imine (C=N–C) groups is 1. The highest BCUT2D eigenvalue weighted by Crippen LogP contribution is 2.21. The zero-order valence-electron chi connectivity index (χ0n) is 15.3. The highest BCUT2D eigenvalue weighted by molar-refractivity contribution is 14.0. The molecule has 1 aromatic carbocycles. The zero-order valence-corrected chi connectivity index (χ0v) is 18.4. The number of ether oxygens (including phenoxy) is 1. The number of thiazole rings is 1. The molecule has 1 aromatic heterocycles. The minimum Gasteiger partial charge on any atom is -0.491 e. The standard InChI is InChI=1S/C18H26N4OS.HI/c1-13-6-5-7-14(2)17(13)23-11-10-21-18(19-4)20-9-8-16-12-24-15(3)22-16;/h5-7,12H,8-11H2,1-4H3,(H2,19,20,21);1H. The van der Waals surface area contributed by atoms with E-state index in [0.29, 0.717) is 13.2 Å². The van der Waals surface area contributed by atoms with Crippen LogP contribution in [0.1, 0.15) is 21.8 Å². The zero-order chi connectivity index (χ0) is 17.4. The minimum atomic E-state index is 0. The van der Waals surface area contributed by atoms with E-state index >= 15 is 0 Å². The van der Waals surface area contributed by atoms with Crippen LogP contribution in [0.5, 0.6) is 5.75 Å². The molecule has 0 bridgehead atoms. The second-order valence-electron chi connectivity index (χ2n) is 5.60. The van der Waals surface area contributed by atoms with Gasteiger partial charge >= 0.3 is 0 Å². The molecule has 0 spiro atoms. The molecular formula is C18H27IN4OS. The second-order valence-corrected chi connectivity index (χ2v) is 6.67. The molecule has 2 N–H and O–H groups in total. The molecule has 7 heteroatoms. The van der Waals surface area contributed by atoms with Crippen molar-refractivity contribution in [1.29, 1.82) is 0 Å². The lowest BCUT2D eigenvalue weighted by Gasteiger charge is -2.14. The number of rotatable bonds is 7. The molecule has 0 unspecified atom stereocenters. The van der Waals surface area contributed by atoms with Gasteiger partial charge in [-0.15, -0.1) is 35.3 Å². The van der Waals surface area contributed by atoms with E-state index in [0.717, 1.165) is 46.5 Å². The number of para-hydroxylation sites is 1. The fourth-order valence-corrected chi connectivity index (χ4v) is 3.05. The first-order valence-electron chi connectivity index (χ1n) is 8.14. The van der Waals surface area contributed by atoms with Crippen molar-refractivity contribution in [2.75, 3.05) is 26.7 Å². The number of aromatic nitrogens is 1. The summed E-state index contributed by atoms with van der Waals surface area (Å²) in [4.78, 5) is 8.68. The second kappa shape index (κ2) is 11.3. The Bertz CT molecular complexity index is 667. The molecule has 0 amide bonds. The monoisotopic (exact) mass is 474 g/mol. The van der Waals surface area contributed by atoms with Crippen LogP contribution in [-0.2, 0) is 6.42 Å². The molecule has 0 aliphatic carbocycles. The normalized spacial score (nSPS) is 11.0. The Labute approximate surface area is 171 Å². The molecule has 5 nitrogen and oxygen atoms in total. The molecule has 2 aromatic rings. The Hall–Kier alpha value is -1.35. The summed E-state index contributed by atoms with van der Waals surface area (Å²) in [5.74, 6) is 1.76. The quantitative estimate of drug-likeness (QED) is 0.279. The van der Waals surface area contributed by atoms with Gasteiger partial charge in [-0.3, -0.25) is 4.99 Å². The van der Waals surface area contributed by atoms with Crippen LogP contribution in [0.3, 0.4) is 0 Å². The van der Waals surface area contributed by atoms with Crippen molar-refractivity contribution in [2.45, 2.75) is 27.2 Å². The van der Waals surface area contributed by atoms with E-state index in [-0.39, 0.29) is 24.0 Å². The van der Waals surface area contributed by atoms with Gasteiger partial charge in [-0.1, -0.05) is 18.2 Å². The summed E-state index contributed by atoms with van der Waals surface area (Å²) in [6.45, 7) is 8.26. The Balaban J connectivity index is 0.00000312. The molecule has 2 rings (SSSR count). The number of guanidine groups is 1. The van der Waals surface area contributed by atoms with Gasteiger partial charge in [0.2, 0.25) is 0 Å². The molecule has 25 heavy (non-hydrogen) atoms. The first-order chi connectivity index (χ1) is 11.6. The highest BCUT2D eigenvalue weighted by Gasteiger charge is 2.04. The van der Waals surface area contributed by atoms with Gasteiger partial charge < -0.3 is 15.4 Å². The highest BCUT2D eigenvalue weighted by atomic mass is 127. The Morgan fingerprint density at radius 2 is 1.84 bits per heavy atom. The van der Waals surface area contributed by atoms with Gasteiger partial charge in [0, 0.05) is 25.4 Å². The van der Waals surface area contributed by atoms with Crippen LogP contribution < -0.4 is 15.4 Å².